The summed E-state index contributed by atoms with van der Waals surface area (Å²) < 4.78 is 0. The van der Waals surface area contributed by atoms with E-state index in [4.69, 9.17) is 0 Å². The van der Waals surface area contributed by atoms with Gasteiger partial charge in [0.2, 0.25) is 0 Å². The molecule has 0 bridgehead atoms. The second kappa shape index (κ2) is 7.60. The van der Waals surface area contributed by atoms with Gasteiger partial charge in [-0.2, -0.15) is 0 Å². The molecular weight excluding hydrogens is 260 g/mol. The van der Waals surface area contributed by atoms with Crippen LogP contribution in [0.3, 0.4) is 0 Å². The summed E-state index contributed by atoms with van der Waals surface area (Å²) in [4.78, 5) is 17.1. The van der Waals surface area contributed by atoms with Crippen molar-refractivity contribution in [2.24, 2.45) is 5.92 Å². The first-order chi connectivity index (χ1) is 10.1. The third-order valence-electron chi connectivity index (χ3n) is 4.16. The number of hydrogen-bond acceptors (Lipinski definition) is 2. The molecule has 2 rings (SSSR count). The lowest BCUT2D eigenvalue weighted by molar-refractivity contribution is 0.0761. The molecule has 0 N–H and O–H groups in total. The van der Waals surface area contributed by atoms with Crippen LogP contribution in [0.25, 0.3) is 0 Å². The molecule has 0 atom stereocenters. The normalized spacial score (nSPS) is 17.0. The Bertz CT molecular complexity index is 470. The Kier molecular flexibility index (Phi) is 5.80. The molecule has 1 aromatic rings. The lowest BCUT2D eigenvalue weighted by Gasteiger charge is -2.22. The van der Waals surface area contributed by atoms with Gasteiger partial charge in [-0.25, -0.2) is 0 Å². The van der Waals surface area contributed by atoms with Gasteiger partial charge in [-0.3, -0.25) is 4.79 Å². The van der Waals surface area contributed by atoms with Gasteiger partial charge < -0.3 is 9.80 Å². The Balaban J connectivity index is 1.92. The van der Waals surface area contributed by atoms with Gasteiger partial charge in [-0.15, -0.1) is 0 Å². The van der Waals surface area contributed by atoms with E-state index in [9.17, 15) is 4.79 Å². The Morgan fingerprint density at radius 2 is 2.00 bits per heavy atom. The third kappa shape index (κ3) is 4.85. The molecule has 1 aliphatic rings. The minimum absolute atomic E-state index is 0.185. The Morgan fingerprint density at radius 1 is 1.19 bits per heavy atom. The molecule has 0 aliphatic carbocycles. The molecule has 0 radical (unpaired) electrons. The van der Waals surface area contributed by atoms with Gasteiger partial charge >= 0.3 is 0 Å². The van der Waals surface area contributed by atoms with E-state index in [1.54, 1.807) is 0 Å². The van der Waals surface area contributed by atoms with E-state index in [-0.39, 0.29) is 5.91 Å². The van der Waals surface area contributed by atoms with E-state index in [1.807, 2.05) is 36.1 Å². The van der Waals surface area contributed by atoms with Gasteiger partial charge in [0, 0.05) is 25.2 Å². The fourth-order valence-electron chi connectivity index (χ4n) is 2.80. The number of nitrogens with zero attached hydrogens (tertiary/aromatic N) is 2. The van der Waals surface area contributed by atoms with E-state index in [0.29, 0.717) is 0 Å². The lowest BCUT2D eigenvalue weighted by Crippen LogP contribution is -2.35. The van der Waals surface area contributed by atoms with Crippen LogP contribution in [0.5, 0.6) is 0 Å². The molecule has 0 aromatic heterocycles. The van der Waals surface area contributed by atoms with Gasteiger partial charge in [-0.05, 0) is 50.9 Å². The summed E-state index contributed by atoms with van der Waals surface area (Å²) in [6.07, 6.45) is 2.32. The summed E-state index contributed by atoms with van der Waals surface area (Å²) in [6, 6.07) is 7.92. The number of hydrogen-bond donors (Lipinski definition) is 0. The number of rotatable bonds is 4. The Morgan fingerprint density at radius 3 is 2.71 bits per heavy atom. The topological polar surface area (TPSA) is 23.6 Å². The van der Waals surface area contributed by atoms with E-state index < -0.39 is 0 Å². The molecule has 1 saturated heterocycles. The first-order valence-electron chi connectivity index (χ1n) is 8.14. The largest absolute Gasteiger partial charge is 0.337 e. The van der Waals surface area contributed by atoms with E-state index >= 15 is 0 Å². The van der Waals surface area contributed by atoms with Crippen molar-refractivity contribution in [3.8, 4) is 0 Å². The fraction of sp³-hybridized carbons (Fsp3) is 0.611. The van der Waals surface area contributed by atoms with Crippen LogP contribution in [0.15, 0.2) is 24.3 Å². The van der Waals surface area contributed by atoms with E-state index in [0.717, 1.165) is 56.2 Å². The van der Waals surface area contributed by atoms with Gasteiger partial charge in [0.05, 0.1) is 0 Å². The first-order valence-corrected chi connectivity index (χ1v) is 8.14. The minimum Gasteiger partial charge on any atom is -0.337 e. The van der Waals surface area contributed by atoms with Crippen LogP contribution in [-0.4, -0.2) is 48.4 Å². The molecule has 1 amide bonds. The first kappa shape index (κ1) is 16.0. The standard InChI is InChI=1S/C18H28N2O/c1-15(2)8-11-19-9-5-10-20(13-12-19)18(21)17-7-4-6-16(3)14-17/h4,6-7,14-15H,5,8-13H2,1-3H3. The van der Waals surface area contributed by atoms with Crippen LogP contribution in [0.1, 0.15) is 42.6 Å². The highest BCUT2D eigenvalue weighted by Gasteiger charge is 2.20. The Hall–Kier alpha value is -1.35. The second-order valence-electron chi connectivity index (χ2n) is 6.54. The van der Waals surface area contributed by atoms with Crippen LogP contribution in [0, 0.1) is 12.8 Å². The molecule has 0 saturated carbocycles. The Labute approximate surface area is 128 Å². The average Bonchev–Trinajstić information content (AvgIpc) is 2.70. The molecule has 0 unspecified atom stereocenters. The summed E-state index contributed by atoms with van der Waals surface area (Å²) in [5.41, 5.74) is 1.97. The number of benzene rings is 1. The van der Waals surface area contributed by atoms with Gasteiger partial charge in [0.25, 0.3) is 5.91 Å². The molecule has 1 heterocycles. The van der Waals surface area contributed by atoms with Crippen LogP contribution < -0.4 is 0 Å². The maximum atomic E-state index is 12.6. The van der Waals surface area contributed by atoms with Gasteiger partial charge in [0.1, 0.15) is 0 Å². The van der Waals surface area contributed by atoms with Crippen molar-refractivity contribution >= 4 is 5.91 Å². The molecule has 1 aliphatic heterocycles. The smallest absolute Gasteiger partial charge is 0.253 e. The molecule has 116 valence electrons. The van der Waals surface area contributed by atoms with Crippen molar-refractivity contribution in [3.05, 3.63) is 35.4 Å². The van der Waals surface area contributed by atoms with Crippen LogP contribution in [0.2, 0.25) is 0 Å². The molecule has 3 nitrogen and oxygen atoms in total. The van der Waals surface area contributed by atoms with Gasteiger partial charge in [0.15, 0.2) is 0 Å². The zero-order valence-corrected chi connectivity index (χ0v) is 13.6. The summed E-state index contributed by atoms with van der Waals surface area (Å²) in [5.74, 6) is 0.933. The summed E-state index contributed by atoms with van der Waals surface area (Å²) >= 11 is 0. The predicted octanol–water partition coefficient (Wildman–Crippen LogP) is 3.19. The fourth-order valence-corrected chi connectivity index (χ4v) is 2.80. The zero-order valence-electron chi connectivity index (χ0n) is 13.6. The number of aryl methyl sites for hydroxylation is 1. The van der Waals surface area contributed by atoms with Crippen molar-refractivity contribution in [1.82, 2.24) is 9.80 Å². The van der Waals surface area contributed by atoms with Crippen LogP contribution in [-0.2, 0) is 0 Å². The predicted molar refractivity (Wildman–Crippen MR) is 87.6 cm³/mol. The lowest BCUT2D eigenvalue weighted by atomic mass is 10.1. The van der Waals surface area contributed by atoms with Gasteiger partial charge in [-0.1, -0.05) is 31.5 Å². The second-order valence-corrected chi connectivity index (χ2v) is 6.54. The number of carbonyl (C=O) groups excluding carboxylic acids is 1. The van der Waals surface area contributed by atoms with Crippen molar-refractivity contribution < 1.29 is 4.79 Å². The van der Waals surface area contributed by atoms with E-state index in [1.165, 1.54) is 6.42 Å². The van der Waals surface area contributed by atoms with Crippen LogP contribution in [0.4, 0.5) is 0 Å². The highest BCUT2D eigenvalue weighted by Crippen LogP contribution is 2.12. The summed E-state index contributed by atoms with van der Waals surface area (Å²) in [6.45, 7) is 11.6. The maximum Gasteiger partial charge on any atom is 0.253 e. The zero-order chi connectivity index (χ0) is 15.2. The van der Waals surface area contributed by atoms with Crippen molar-refractivity contribution in [2.45, 2.75) is 33.6 Å². The monoisotopic (exact) mass is 288 g/mol. The molecule has 21 heavy (non-hydrogen) atoms. The maximum absolute atomic E-state index is 12.6. The molecule has 0 spiro atoms. The number of amides is 1. The summed E-state index contributed by atoms with van der Waals surface area (Å²) in [5, 5.41) is 0. The van der Waals surface area contributed by atoms with Crippen LogP contribution >= 0.6 is 0 Å². The van der Waals surface area contributed by atoms with Crippen molar-refractivity contribution in [1.29, 1.82) is 0 Å². The number of carbonyl (C=O) groups is 1. The average molecular weight is 288 g/mol. The molecule has 3 heteroatoms. The quantitative estimate of drug-likeness (QED) is 0.849. The molecular formula is C18H28N2O. The highest BCUT2D eigenvalue weighted by molar-refractivity contribution is 5.94. The van der Waals surface area contributed by atoms with Crippen molar-refractivity contribution in [2.75, 3.05) is 32.7 Å². The van der Waals surface area contributed by atoms with E-state index in [2.05, 4.69) is 18.7 Å². The highest BCUT2D eigenvalue weighted by atomic mass is 16.2. The third-order valence-corrected chi connectivity index (χ3v) is 4.16. The summed E-state index contributed by atoms with van der Waals surface area (Å²) in [7, 11) is 0. The van der Waals surface area contributed by atoms with Crippen molar-refractivity contribution in [3.63, 3.8) is 0 Å². The molecule has 1 fully saturated rings. The minimum atomic E-state index is 0.185. The SMILES string of the molecule is Cc1cccc(C(=O)N2CCCN(CCC(C)C)CC2)c1. The molecule has 1 aromatic carbocycles.